The van der Waals surface area contributed by atoms with Crippen molar-refractivity contribution in [2.45, 2.75) is 20.3 Å². The molecular formula is C21H26N2O4. The lowest BCUT2D eigenvalue weighted by molar-refractivity contribution is 0.0535. The average Bonchev–Trinajstić information content (AvgIpc) is 3.22. The standard InChI is InChI=1S/C21H26N2O4/c1-16(2)7-14-27-19-5-3-17(4-6-19)20(24)22-9-11-23(12-10-22)21(25)18-8-13-26-15-18/h3-6,8,13,15-16H,7,9-12,14H2,1-2H3. The molecule has 6 nitrogen and oxygen atoms in total. The molecule has 0 aliphatic carbocycles. The van der Waals surface area contributed by atoms with Crippen molar-refractivity contribution < 1.29 is 18.7 Å². The van der Waals surface area contributed by atoms with E-state index in [-0.39, 0.29) is 11.8 Å². The number of ether oxygens (including phenoxy) is 1. The van der Waals surface area contributed by atoms with Gasteiger partial charge in [-0.1, -0.05) is 13.8 Å². The zero-order valence-electron chi connectivity index (χ0n) is 15.9. The van der Waals surface area contributed by atoms with Gasteiger partial charge in [0.25, 0.3) is 11.8 Å². The van der Waals surface area contributed by atoms with Gasteiger partial charge in [-0.2, -0.15) is 0 Å². The topological polar surface area (TPSA) is 63.0 Å². The molecule has 0 radical (unpaired) electrons. The first-order chi connectivity index (χ1) is 13.0. The quantitative estimate of drug-likeness (QED) is 0.783. The Labute approximate surface area is 159 Å². The van der Waals surface area contributed by atoms with Crippen LogP contribution >= 0.6 is 0 Å². The minimum absolute atomic E-state index is 0.0147. The Kier molecular flexibility index (Phi) is 6.16. The molecule has 1 aromatic carbocycles. The zero-order chi connectivity index (χ0) is 19.2. The molecule has 0 N–H and O–H groups in total. The third kappa shape index (κ3) is 4.90. The summed E-state index contributed by atoms with van der Waals surface area (Å²) < 4.78 is 10.7. The van der Waals surface area contributed by atoms with Crippen LogP contribution in [0.25, 0.3) is 0 Å². The first kappa shape index (κ1) is 19.0. The van der Waals surface area contributed by atoms with Gasteiger partial charge in [0.2, 0.25) is 0 Å². The molecule has 1 saturated heterocycles. The Morgan fingerprint density at radius 3 is 2.07 bits per heavy atom. The Morgan fingerprint density at radius 2 is 1.56 bits per heavy atom. The first-order valence-corrected chi connectivity index (χ1v) is 9.38. The van der Waals surface area contributed by atoms with Gasteiger partial charge >= 0.3 is 0 Å². The van der Waals surface area contributed by atoms with Gasteiger partial charge in [0.15, 0.2) is 0 Å². The van der Waals surface area contributed by atoms with Gasteiger partial charge < -0.3 is 19.0 Å². The van der Waals surface area contributed by atoms with Crippen LogP contribution in [0.2, 0.25) is 0 Å². The molecule has 2 heterocycles. The minimum Gasteiger partial charge on any atom is -0.494 e. The molecule has 1 fully saturated rings. The first-order valence-electron chi connectivity index (χ1n) is 9.38. The van der Waals surface area contributed by atoms with E-state index in [2.05, 4.69) is 13.8 Å². The van der Waals surface area contributed by atoms with Crippen LogP contribution in [0.15, 0.2) is 47.3 Å². The van der Waals surface area contributed by atoms with Crippen LogP contribution in [0, 0.1) is 5.92 Å². The largest absolute Gasteiger partial charge is 0.494 e. The SMILES string of the molecule is CC(C)CCOc1ccc(C(=O)N2CCN(C(=O)c3ccoc3)CC2)cc1. The van der Waals surface area contributed by atoms with Gasteiger partial charge in [-0.05, 0) is 42.7 Å². The van der Waals surface area contributed by atoms with Crippen LogP contribution in [0.5, 0.6) is 5.75 Å². The van der Waals surface area contributed by atoms with Gasteiger partial charge in [0.05, 0.1) is 18.4 Å². The predicted molar refractivity (Wildman–Crippen MR) is 102 cm³/mol. The highest BCUT2D eigenvalue weighted by Gasteiger charge is 2.25. The number of benzene rings is 1. The van der Waals surface area contributed by atoms with Crippen LogP contribution in [-0.4, -0.2) is 54.4 Å². The third-order valence-electron chi connectivity index (χ3n) is 4.69. The molecule has 0 unspecified atom stereocenters. The van der Waals surface area contributed by atoms with Crippen LogP contribution in [0.3, 0.4) is 0 Å². The molecule has 1 aliphatic heterocycles. The second-order valence-corrected chi connectivity index (χ2v) is 7.15. The Hall–Kier alpha value is -2.76. The van der Waals surface area contributed by atoms with Crippen LogP contribution < -0.4 is 4.74 Å². The molecule has 1 aromatic heterocycles. The fraction of sp³-hybridized carbons (Fsp3) is 0.429. The maximum absolute atomic E-state index is 12.7. The molecule has 2 aromatic rings. The van der Waals surface area contributed by atoms with E-state index in [1.165, 1.54) is 12.5 Å². The van der Waals surface area contributed by atoms with Crippen molar-refractivity contribution in [1.29, 1.82) is 0 Å². The third-order valence-corrected chi connectivity index (χ3v) is 4.69. The summed E-state index contributed by atoms with van der Waals surface area (Å²) in [5.41, 5.74) is 1.18. The smallest absolute Gasteiger partial charge is 0.257 e. The predicted octanol–water partition coefficient (Wildman–Crippen LogP) is 3.30. The van der Waals surface area contributed by atoms with Crippen molar-refractivity contribution in [1.82, 2.24) is 9.80 Å². The van der Waals surface area contributed by atoms with E-state index in [0.717, 1.165) is 12.2 Å². The average molecular weight is 370 g/mol. The van der Waals surface area contributed by atoms with Gasteiger partial charge in [-0.3, -0.25) is 9.59 Å². The summed E-state index contributed by atoms with van der Waals surface area (Å²) in [6.07, 6.45) is 3.94. The molecule has 0 spiro atoms. The molecule has 1 aliphatic rings. The number of rotatable bonds is 6. The number of furan rings is 1. The number of hydrogen-bond donors (Lipinski definition) is 0. The summed E-state index contributed by atoms with van der Waals surface area (Å²) >= 11 is 0. The fourth-order valence-corrected chi connectivity index (χ4v) is 2.97. The van der Waals surface area contributed by atoms with Gasteiger partial charge in [0, 0.05) is 31.7 Å². The van der Waals surface area contributed by atoms with Crippen LogP contribution in [0.1, 0.15) is 41.0 Å². The lowest BCUT2D eigenvalue weighted by atomic mass is 10.1. The normalized spacial score (nSPS) is 14.5. The van der Waals surface area contributed by atoms with E-state index in [4.69, 9.17) is 9.15 Å². The van der Waals surface area contributed by atoms with E-state index in [0.29, 0.717) is 49.8 Å². The number of carbonyl (C=O) groups excluding carboxylic acids is 2. The van der Waals surface area contributed by atoms with Gasteiger partial charge in [0.1, 0.15) is 12.0 Å². The van der Waals surface area contributed by atoms with Crippen molar-refractivity contribution in [2.75, 3.05) is 32.8 Å². The summed E-state index contributed by atoms with van der Waals surface area (Å²) in [4.78, 5) is 28.5. The van der Waals surface area contributed by atoms with E-state index in [9.17, 15) is 9.59 Å². The summed E-state index contributed by atoms with van der Waals surface area (Å²) in [5, 5.41) is 0. The zero-order valence-corrected chi connectivity index (χ0v) is 15.9. The highest BCUT2D eigenvalue weighted by molar-refractivity contribution is 5.95. The maximum Gasteiger partial charge on any atom is 0.257 e. The molecule has 27 heavy (non-hydrogen) atoms. The van der Waals surface area contributed by atoms with Gasteiger partial charge in [-0.25, -0.2) is 0 Å². The molecule has 6 heteroatoms. The second-order valence-electron chi connectivity index (χ2n) is 7.15. The Bertz CT molecular complexity index is 745. The lowest BCUT2D eigenvalue weighted by Gasteiger charge is -2.34. The molecule has 3 rings (SSSR count). The molecule has 0 atom stereocenters. The molecule has 0 saturated carbocycles. The van der Waals surface area contributed by atoms with E-state index < -0.39 is 0 Å². The second kappa shape index (κ2) is 8.75. The van der Waals surface area contributed by atoms with E-state index in [1.807, 2.05) is 12.1 Å². The Morgan fingerprint density at radius 1 is 0.963 bits per heavy atom. The molecule has 0 bridgehead atoms. The number of amides is 2. The summed E-state index contributed by atoms with van der Waals surface area (Å²) in [5.74, 6) is 1.31. The summed E-state index contributed by atoms with van der Waals surface area (Å²) in [6, 6.07) is 8.94. The lowest BCUT2D eigenvalue weighted by Crippen LogP contribution is -2.50. The molecule has 2 amide bonds. The summed E-state index contributed by atoms with van der Waals surface area (Å²) in [6.45, 7) is 7.08. The van der Waals surface area contributed by atoms with Crippen LogP contribution in [0.4, 0.5) is 0 Å². The summed E-state index contributed by atoms with van der Waals surface area (Å²) in [7, 11) is 0. The van der Waals surface area contributed by atoms with Crippen LogP contribution in [-0.2, 0) is 0 Å². The maximum atomic E-state index is 12.7. The van der Waals surface area contributed by atoms with E-state index in [1.54, 1.807) is 28.0 Å². The Balaban J connectivity index is 1.51. The van der Waals surface area contributed by atoms with Crippen molar-refractivity contribution in [3.8, 4) is 5.75 Å². The molecular weight excluding hydrogens is 344 g/mol. The highest BCUT2D eigenvalue weighted by atomic mass is 16.5. The van der Waals surface area contributed by atoms with Crippen molar-refractivity contribution in [2.24, 2.45) is 5.92 Å². The monoisotopic (exact) mass is 370 g/mol. The van der Waals surface area contributed by atoms with Crippen molar-refractivity contribution in [3.05, 3.63) is 54.0 Å². The highest BCUT2D eigenvalue weighted by Crippen LogP contribution is 2.16. The number of carbonyl (C=O) groups is 2. The fourth-order valence-electron chi connectivity index (χ4n) is 2.97. The van der Waals surface area contributed by atoms with E-state index >= 15 is 0 Å². The van der Waals surface area contributed by atoms with Crippen molar-refractivity contribution >= 4 is 11.8 Å². The minimum atomic E-state index is -0.0567. The van der Waals surface area contributed by atoms with Gasteiger partial charge in [-0.15, -0.1) is 0 Å². The van der Waals surface area contributed by atoms with Crippen molar-refractivity contribution in [3.63, 3.8) is 0 Å². The molecule has 144 valence electrons. The number of hydrogen-bond acceptors (Lipinski definition) is 4. The number of nitrogens with zero attached hydrogens (tertiary/aromatic N) is 2. The number of piperazine rings is 1.